The Morgan fingerprint density at radius 2 is 1.80 bits per heavy atom. The number of thiol groups is 1. The number of carbonyl (C=O) groups is 3. The molecule has 6 N–H and O–H groups in total. The van der Waals surface area contributed by atoms with Gasteiger partial charge in [0.05, 0.1) is 0 Å². The summed E-state index contributed by atoms with van der Waals surface area (Å²) in [5, 5.41) is 21.1. The predicted molar refractivity (Wildman–Crippen MR) is 95.2 cm³/mol. The predicted octanol–water partition coefficient (Wildman–Crippen LogP) is 0.0320. The van der Waals surface area contributed by atoms with E-state index in [-0.39, 0.29) is 17.4 Å². The van der Waals surface area contributed by atoms with Gasteiger partial charge in [0, 0.05) is 5.75 Å². The van der Waals surface area contributed by atoms with E-state index < -0.39 is 35.9 Å². The number of amides is 2. The van der Waals surface area contributed by atoms with Crippen LogP contribution in [0, 0.1) is 5.92 Å². The molecule has 2 amide bonds. The van der Waals surface area contributed by atoms with Crippen LogP contribution in [0.15, 0.2) is 24.3 Å². The Morgan fingerprint density at radius 3 is 2.24 bits per heavy atom. The molecule has 0 bridgehead atoms. The van der Waals surface area contributed by atoms with Crippen LogP contribution in [0.2, 0.25) is 1.41 Å². The molecule has 0 aliphatic carbocycles. The van der Waals surface area contributed by atoms with Crippen molar-refractivity contribution in [2.45, 2.75) is 32.0 Å². The second kappa shape index (κ2) is 9.28. The Labute approximate surface area is 152 Å². The number of aliphatic carboxylic acids is 1. The molecule has 0 unspecified atom stereocenters. The first kappa shape index (κ1) is 19.1. The number of aromatic hydroxyl groups is 1. The summed E-state index contributed by atoms with van der Waals surface area (Å²) >= 11 is 3.99. The molecule has 25 heavy (non-hydrogen) atoms. The van der Waals surface area contributed by atoms with Crippen LogP contribution in [0.5, 0.6) is 5.75 Å². The molecule has 0 aliphatic rings. The van der Waals surface area contributed by atoms with E-state index in [1.54, 1.807) is 13.8 Å². The summed E-state index contributed by atoms with van der Waals surface area (Å²) in [6, 6.07) is 1.87. The van der Waals surface area contributed by atoms with Crippen molar-refractivity contribution in [3.05, 3.63) is 29.8 Å². The number of rotatable bonds is 8. The zero-order valence-electron chi connectivity index (χ0n) is 14.9. The fourth-order valence-corrected chi connectivity index (χ4v) is 2.25. The van der Waals surface area contributed by atoms with Gasteiger partial charge in [-0.25, -0.2) is 4.79 Å². The molecule has 0 saturated carbocycles. The number of carboxylic acids is 1. The number of carboxylic acid groups (broad SMARTS) is 1. The fourth-order valence-electron chi connectivity index (χ4n) is 2.00. The Bertz CT molecular complexity index is 656. The molecule has 0 fully saturated rings. The molecule has 0 aromatic heterocycles. The molecule has 3 atom stereocenters. The molecular weight excluding hydrogens is 346 g/mol. The Kier molecular flexibility index (Phi) is 7.08. The van der Waals surface area contributed by atoms with E-state index in [0.29, 0.717) is 10.9 Å². The van der Waals surface area contributed by atoms with Crippen molar-refractivity contribution < 1.29 is 26.0 Å². The summed E-state index contributed by atoms with van der Waals surface area (Å²) in [6.45, 7) is 3.25. The summed E-state index contributed by atoms with van der Waals surface area (Å²) in [5.74, 6) is -3.45. The topological polar surface area (TPSA) is 142 Å². The summed E-state index contributed by atoms with van der Waals surface area (Å²) in [6.07, 6.45) is 0. The van der Waals surface area contributed by atoms with Crippen molar-refractivity contribution >= 4 is 30.4 Å². The maximum atomic E-state index is 12.4. The third-order valence-corrected chi connectivity index (χ3v) is 3.85. The minimum absolute atomic E-state index is 0.00265. The van der Waals surface area contributed by atoms with Gasteiger partial charge in [-0.2, -0.15) is 12.6 Å². The van der Waals surface area contributed by atoms with Crippen LogP contribution < -0.4 is 16.4 Å². The van der Waals surface area contributed by atoms with Gasteiger partial charge in [0.25, 0.3) is 0 Å². The van der Waals surface area contributed by atoms with Crippen LogP contribution in [0.1, 0.15) is 25.5 Å². The number of phenols is 1. The third-order valence-electron chi connectivity index (χ3n) is 3.51. The number of nitrogens with one attached hydrogen (secondary N) is 2. The SMILES string of the molecule is [2H]N(C(=O)[C@H](N)c1ccc(O)cc1)[C@@H](CS)C(=O)N[C@H](C(=O)O)C(C)C. The van der Waals surface area contributed by atoms with Gasteiger partial charge in [-0.15, -0.1) is 0 Å². The monoisotopic (exact) mass is 370 g/mol. The zero-order chi connectivity index (χ0) is 20.0. The summed E-state index contributed by atoms with van der Waals surface area (Å²) in [5.41, 5.74) is 6.19. The van der Waals surface area contributed by atoms with Crippen molar-refractivity contribution in [1.29, 1.82) is 0 Å². The number of hydrogen-bond donors (Lipinski definition) is 6. The quantitative estimate of drug-likeness (QED) is 0.357. The van der Waals surface area contributed by atoms with Gasteiger partial charge in [0.15, 0.2) is 1.41 Å². The highest BCUT2D eigenvalue weighted by atomic mass is 32.1. The summed E-state index contributed by atoms with van der Waals surface area (Å²) in [4.78, 5) is 35.9. The van der Waals surface area contributed by atoms with Crippen molar-refractivity contribution in [2.75, 3.05) is 5.75 Å². The molecule has 0 radical (unpaired) electrons. The third kappa shape index (κ3) is 5.95. The minimum atomic E-state index is -1.31. The van der Waals surface area contributed by atoms with E-state index in [0.717, 1.165) is 0 Å². The van der Waals surface area contributed by atoms with Crippen LogP contribution in [0.4, 0.5) is 0 Å². The fraction of sp³-hybridized carbons (Fsp3) is 0.438. The highest BCUT2D eigenvalue weighted by molar-refractivity contribution is 7.80. The highest BCUT2D eigenvalue weighted by Crippen LogP contribution is 2.15. The molecule has 1 rings (SSSR count). The molecular formula is C16H23N3O5S. The van der Waals surface area contributed by atoms with Gasteiger partial charge in [0.2, 0.25) is 11.8 Å². The van der Waals surface area contributed by atoms with E-state index in [1.807, 2.05) is 0 Å². The molecule has 0 saturated heterocycles. The first-order chi connectivity index (χ1) is 12.1. The Morgan fingerprint density at radius 1 is 1.24 bits per heavy atom. The molecule has 0 heterocycles. The average molecular weight is 370 g/mol. The highest BCUT2D eigenvalue weighted by Gasteiger charge is 2.29. The maximum Gasteiger partial charge on any atom is 0.326 e. The molecule has 9 heteroatoms. The van der Waals surface area contributed by atoms with Crippen LogP contribution in [-0.2, 0) is 14.4 Å². The first-order valence-corrected chi connectivity index (χ1v) is 8.23. The van der Waals surface area contributed by atoms with Gasteiger partial charge in [-0.1, -0.05) is 26.0 Å². The number of hydrogen-bond acceptors (Lipinski definition) is 6. The van der Waals surface area contributed by atoms with Crippen LogP contribution in [0.25, 0.3) is 0 Å². The minimum Gasteiger partial charge on any atom is -0.508 e. The van der Waals surface area contributed by atoms with Gasteiger partial charge in [-0.05, 0) is 23.6 Å². The smallest absolute Gasteiger partial charge is 0.326 e. The second-order valence-corrected chi connectivity index (χ2v) is 6.17. The number of carbonyl (C=O) groups excluding carboxylic acids is 2. The van der Waals surface area contributed by atoms with Crippen LogP contribution in [0.3, 0.4) is 0 Å². The average Bonchev–Trinajstić information content (AvgIpc) is 2.58. The van der Waals surface area contributed by atoms with Gasteiger partial charge >= 0.3 is 5.97 Å². The molecule has 1 aromatic carbocycles. The van der Waals surface area contributed by atoms with Crippen LogP contribution >= 0.6 is 12.6 Å². The standard InChI is InChI=1S/C16H23N3O5S/c1-8(2)13(16(23)24)19-14(21)11(7-25)18-15(22)12(17)9-3-5-10(20)6-4-9/h3-6,8,11-13,20,25H,7,17H2,1-2H3,(H,18,22)(H,19,21)(H,23,24)/t11-,12+,13-/m0/s1/i/hD. The molecule has 8 nitrogen and oxygen atoms in total. The van der Waals surface area contributed by atoms with Crippen LogP contribution in [-0.4, -0.2) is 45.8 Å². The van der Waals surface area contributed by atoms with Crippen molar-refractivity contribution in [2.24, 2.45) is 11.7 Å². The zero-order valence-corrected chi connectivity index (χ0v) is 14.8. The normalized spacial score (nSPS) is 15.0. The van der Waals surface area contributed by atoms with Gasteiger partial charge in [0.1, 0.15) is 23.9 Å². The van der Waals surface area contributed by atoms with E-state index in [9.17, 15) is 19.5 Å². The van der Waals surface area contributed by atoms with Crippen molar-refractivity contribution in [1.82, 2.24) is 10.6 Å². The lowest BCUT2D eigenvalue weighted by Crippen LogP contribution is -2.55. The summed E-state index contributed by atoms with van der Waals surface area (Å²) < 4.78 is 7.94. The lowest BCUT2D eigenvalue weighted by atomic mass is 10.0. The van der Waals surface area contributed by atoms with E-state index in [2.05, 4.69) is 17.9 Å². The molecule has 138 valence electrons. The van der Waals surface area contributed by atoms with E-state index in [1.165, 1.54) is 24.3 Å². The van der Waals surface area contributed by atoms with E-state index in [4.69, 9.17) is 12.3 Å². The first-order valence-electron chi connectivity index (χ1n) is 8.05. The number of benzene rings is 1. The number of phenolic OH excluding ortho intramolecular Hbond substituents is 1. The lowest BCUT2D eigenvalue weighted by Gasteiger charge is -2.23. The Balaban J connectivity index is 2.90. The largest absolute Gasteiger partial charge is 0.508 e. The molecule has 0 aliphatic heterocycles. The second-order valence-electron chi connectivity index (χ2n) is 5.80. The molecule has 0 spiro atoms. The van der Waals surface area contributed by atoms with E-state index >= 15 is 0 Å². The van der Waals surface area contributed by atoms with Crippen molar-refractivity contribution in [3.63, 3.8) is 0 Å². The number of nitrogens with two attached hydrogens (primary N) is 1. The molecule has 1 aromatic rings. The van der Waals surface area contributed by atoms with Gasteiger partial charge in [-0.3, -0.25) is 9.59 Å². The Hall–Kier alpha value is -2.26. The van der Waals surface area contributed by atoms with Crippen molar-refractivity contribution in [3.8, 4) is 5.75 Å². The summed E-state index contributed by atoms with van der Waals surface area (Å²) in [7, 11) is 0. The van der Waals surface area contributed by atoms with Gasteiger partial charge < -0.3 is 26.6 Å². The lowest BCUT2D eigenvalue weighted by molar-refractivity contribution is -0.143. The maximum absolute atomic E-state index is 12.4.